The van der Waals surface area contributed by atoms with Gasteiger partial charge in [-0.15, -0.1) is 11.8 Å². The SMILES string of the molecule is CC(C)Sc1ccc(C2OC2C)cc1. The lowest BCUT2D eigenvalue weighted by Gasteiger charge is -2.04. The fraction of sp³-hybridized carbons (Fsp3) is 0.500. The minimum absolute atomic E-state index is 0.355. The first kappa shape index (κ1) is 10.1. The Balaban J connectivity index is 2.03. The van der Waals surface area contributed by atoms with Crippen molar-refractivity contribution in [3.8, 4) is 0 Å². The zero-order valence-corrected chi connectivity index (χ0v) is 9.67. The summed E-state index contributed by atoms with van der Waals surface area (Å²) in [6.07, 6.45) is 0.770. The molecule has 0 aromatic heterocycles. The van der Waals surface area contributed by atoms with Crippen LogP contribution in [-0.4, -0.2) is 11.4 Å². The van der Waals surface area contributed by atoms with Crippen molar-refractivity contribution in [3.05, 3.63) is 29.8 Å². The Hall–Kier alpha value is -0.470. The van der Waals surface area contributed by atoms with E-state index in [4.69, 9.17) is 4.74 Å². The number of ether oxygens (including phenoxy) is 1. The first-order chi connectivity index (χ1) is 6.66. The Morgan fingerprint density at radius 3 is 2.21 bits per heavy atom. The average Bonchev–Trinajstić information content (AvgIpc) is 2.83. The average molecular weight is 208 g/mol. The van der Waals surface area contributed by atoms with Crippen LogP contribution in [-0.2, 0) is 4.74 Å². The Morgan fingerprint density at radius 1 is 1.21 bits per heavy atom. The minimum atomic E-state index is 0.355. The molecule has 0 N–H and O–H groups in total. The number of benzene rings is 1. The van der Waals surface area contributed by atoms with Crippen molar-refractivity contribution in [3.63, 3.8) is 0 Å². The molecule has 1 heterocycles. The molecular formula is C12H16OS. The van der Waals surface area contributed by atoms with E-state index in [1.54, 1.807) is 0 Å². The van der Waals surface area contributed by atoms with Crippen molar-refractivity contribution in [1.29, 1.82) is 0 Å². The van der Waals surface area contributed by atoms with E-state index >= 15 is 0 Å². The Morgan fingerprint density at radius 2 is 1.79 bits per heavy atom. The maximum Gasteiger partial charge on any atom is 0.109 e. The number of hydrogen-bond acceptors (Lipinski definition) is 2. The molecular weight excluding hydrogens is 192 g/mol. The second-order valence-electron chi connectivity index (χ2n) is 4.00. The standard InChI is InChI=1S/C12H16OS/c1-8(2)14-11-6-4-10(5-7-11)12-9(3)13-12/h4-9,12H,1-3H3. The van der Waals surface area contributed by atoms with Gasteiger partial charge in [-0.1, -0.05) is 26.0 Å². The third kappa shape index (κ3) is 2.31. The molecule has 0 amide bonds. The van der Waals surface area contributed by atoms with Crippen molar-refractivity contribution in [2.24, 2.45) is 0 Å². The predicted octanol–water partition coefficient (Wildman–Crippen LogP) is 3.65. The minimum Gasteiger partial charge on any atom is -0.365 e. The van der Waals surface area contributed by atoms with Gasteiger partial charge in [0.15, 0.2) is 0 Å². The fourth-order valence-corrected chi connectivity index (χ4v) is 2.38. The molecule has 2 heteroatoms. The van der Waals surface area contributed by atoms with Gasteiger partial charge in [-0.2, -0.15) is 0 Å². The van der Waals surface area contributed by atoms with Crippen molar-refractivity contribution in [1.82, 2.24) is 0 Å². The summed E-state index contributed by atoms with van der Waals surface area (Å²) in [5, 5.41) is 0.650. The van der Waals surface area contributed by atoms with Crippen LogP contribution in [0.25, 0.3) is 0 Å². The summed E-state index contributed by atoms with van der Waals surface area (Å²) in [5.41, 5.74) is 1.31. The van der Waals surface area contributed by atoms with Crippen molar-refractivity contribution in [2.75, 3.05) is 0 Å². The van der Waals surface area contributed by atoms with Gasteiger partial charge in [0.05, 0.1) is 6.10 Å². The summed E-state index contributed by atoms with van der Waals surface area (Å²) < 4.78 is 5.42. The molecule has 0 aliphatic carbocycles. The molecule has 1 saturated heterocycles. The van der Waals surface area contributed by atoms with E-state index in [2.05, 4.69) is 45.0 Å². The van der Waals surface area contributed by atoms with Gasteiger partial charge in [-0.3, -0.25) is 0 Å². The predicted molar refractivity (Wildman–Crippen MR) is 60.7 cm³/mol. The summed E-state index contributed by atoms with van der Waals surface area (Å²) in [6.45, 7) is 6.54. The van der Waals surface area contributed by atoms with Crippen LogP contribution in [0.5, 0.6) is 0 Å². The molecule has 14 heavy (non-hydrogen) atoms. The molecule has 1 aromatic carbocycles. The molecule has 0 saturated carbocycles. The summed E-state index contributed by atoms with van der Waals surface area (Å²) >= 11 is 1.90. The van der Waals surface area contributed by atoms with E-state index in [0.717, 1.165) is 0 Å². The maximum atomic E-state index is 5.42. The first-order valence-electron chi connectivity index (χ1n) is 5.09. The number of rotatable bonds is 3. The summed E-state index contributed by atoms with van der Waals surface area (Å²) in [6, 6.07) is 8.74. The summed E-state index contributed by atoms with van der Waals surface area (Å²) in [5.74, 6) is 0. The van der Waals surface area contributed by atoms with Crippen molar-refractivity contribution in [2.45, 2.75) is 43.1 Å². The zero-order chi connectivity index (χ0) is 10.1. The van der Waals surface area contributed by atoms with Gasteiger partial charge in [0.25, 0.3) is 0 Å². The van der Waals surface area contributed by atoms with Crippen LogP contribution in [0.15, 0.2) is 29.2 Å². The Bertz CT molecular complexity index is 305. The largest absolute Gasteiger partial charge is 0.365 e. The monoisotopic (exact) mass is 208 g/mol. The van der Waals surface area contributed by atoms with E-state index in [0.29, 0.717) is 17.5 Å². The highest BCUT2D eigenvalue weighted by Crippen LogP contribution is 2.38. The van der Waals surface area contributed by atoms with E-state index in [1.165, 1.54) is 10.5 Å². The van der Waals surface area contributed by atoms with E-state index in [1.807, 2.05) is 11.8 Å². The van der Waals surface area contributed by atoms with Gasteiger partial charge < -0.3 is 4.74 Å². The highest BCUT2D eigenvalue weighted by molar-refractivity contribution is 7.99. The number of epoxide rings is 1. The Labute approximate surface area is 89.9 Å². The molecule has 0 radical (unpaired) electrons. The van der Waals surface area contributed by atoms with Crippen LogP contribution in [0.1, 0.15) is 32.4 Å². The van der Waals surface area contributed by atoms with E-state index in [-0.39, 0.29) is 0 Å². The van der Waals surface area contributed by atoms with Crippen LogP contribution in [0.2, 0.25) is 0 Å². The second-order valence-corrected chi connectivity index (χ2v) is 5.65. The molecule has 1 aliphatic heterocycles. The third-order valence-electron chi connectivity index (χ3n) is 2.29. The first-order valence-corrected chi connectivity index (χ1v) is 5.97. The van der Waals surface area contributed by atoms with Gasteiger partial charge >= 0.3 is 0 Å². The van der Waals surface area contributed by atoms with Crippen LogP contribution >= 0.6 is 11.8 Å². The lowest BCUT2D eigenvalue weighted by Crippen LogP contribution is -1.87. The van der Waals surface area contributed by atoms with Gasteiger partial charge in [0.2, 0.25) is 0 Å². The van der Waals surface area contributed by atoms with Gasteiger partial charge in [-0.05, 0) is 24.6 Å². The van der Waals surface area contributed by atoms with Crippen LogP contribution in [0.4, 0.5) is 0 Å². The highest BCUT2D eigenvalue weighted by Gasteiger charge is 2.35. The molecule has 1 aliphatic rings. The number of hydrogen-bond donors (Lipinski definition) is 0. The quantitative estimate of drug-likeness (QED) is 0.555. The van der Waals surface area contributed by atoms with Crippen LogP contribution in [0, 0.1) is 0 Å². The molecule has 2 atom stereocenters. The molecule has 1 fully saturated rings. The van der Waals surface area contributed by atoms with Gasteiger partial charge in [-0.25, -0.2) is 0 Å². The molecule has 2 unspecified atom stereocenters. The van der Waals surface area contributed by atoms with Crippen LogP contribution in [0.3, 0.4) is 0 Å². The molecule has 0 bridgehead atoms. The molecule has 2 rings (SSSR count). The lowest BCUT2D eigenvalue weighted by atomic mass is 10.1. The Kier molecular flexibility index (Phi) is 2.84. The van der Waals surface area contributed by atoms with E-state index < -0.39 is 0 Å². The molecule has 0 spiro atoms. The maximum absolute atomic E-state index is 5.42. The second kappa shape index (κ2) is 3.95. The summed E-state index contributed by atoms with van der Waals surface area (Å²) in [4.78, 5) is 1.34. The normalized spacial score (nSPS) is 25.4. The van der Waals surface area contributed by atoms with Gasteiger partial charge in [0.1, 0.15) is 6.10 Å². The fourth-order valence-electron chi connectivity index (χ4n) is 1.54. The molecule has 1 aromatic rings. The third-order valence-corrected chi connectivity index (χ3v) is 3.31. The summed E-state index contributed by atoms with van der Waals surface area (Å²) in [7, 11) is 0. The van der Waals surface area contributed by atoms with Gasteiger partial charge in [0, 0.05) is 10.1 Å². The highest BCUT2D eigenvalue weighted by atomic mass is 32.2. The smallest absolute Gasteiger partial charge is 0.109 e. The number of thioether (sulfide) groups is 1. The molecule has 76 valence electrons. The van der Waals surface area contributed by atoms with E-state index in [9.17, 15) is 0 Å². The van der Waals surface area contributed by atoms with Crippen molar-refractivity contribution >= 4 is 11.8 Å². The van der Waals surface area contributed by atoms with Crippen LogP contribution < -0.4 is 0 Å². The topological polar surface area (TPSA) is 12.5 Å². The zero-order valence-electron chi connectivity index (χ0n) is 8.86. The lowest BCUT2D eigenvalue weighted by molar-refractivity contribution is 0.383. The molecule has 1 nitrogen and oxygen atoms in total. The van der Waals surface area contributed by atoms with Crippen molar-refractivity contribution < 1.29 is 4.74 Å².